The Morgan fingerprint density at radius 2 is 2.07 bits per heavy atom. The SMILES string of the molecule is N#Cc1c(N)ccc2c1[C@]1(CCC2)Cc2nc(OC[C@@]34CCCN3C[C@H](F)C4)c(F)c(N3CCCOCC3)c2CO1. The number of nitrogen functional groups attached to an aromatic ring is 1. The highest BCUT2D eigenvalue weighted by molar-refractivity contribution is 5.64. The lowest BCUT2D eigenvalue weighted by molar-refractivity contribution is -0.0856. The Kier molecular flexibility index (Phi) is 6.80. The van der Waals surface area contributed by atoms with Crippen LogP contribution in [0.15, 0.2) is 12.1 Å². The first-order valence-corrected chi connectivity index (χ1v) is 14.9. The van der Waals surface area contributed by atoms with Crippen LogP contribution in [-0.4, -0.2) is 67.6 Å². The van der Waals surface area contributed by atoms with Gasteiger partial charge in [-0.25, -0.2) is 9.37 Å². The van der Waals surface area contributed by atoms with Crippen molar-refractivity contribution in [1.29, 1.82) is 5.26 Å². The fourth-order valence-electron chi connectivity index (χ4n) is 8.01. The van der Waals surface area contributed by atoms with Crippen molar-refractivity contribution >= 4 is 11.4 Å². The molecule has 5 aliphatic rings. The number of hydrogen-bond donors (Lipinski definition) is 1. The maximum Gasteiger partial charge on any atom is 0.252 e. The van der Waals surface area contributed by atoms with Crippen LogP contribution in [-0.2, 0) is 34.5 Å². The number of nitrogens with zero attached hydrogens (tertiary/aromatic N) is 4. The van der Waals surface area contributed by atoms with E-state index in [2.05, 4.69) is 11.0 Å². The van der Waals surface area contributed by atoms with Gasteiger partial charge >= 0.3 is 0 Å². The topological polar surface area (TPSA) is 96.9 Å². The number of nitrogens with two attached hydrogens (primary N) is 1. The molecule has 10 heteroatoms. The molecule has 8 nitrogen and oxygen atoms in total. The lowest BCUT2D eigenvalue weighted by Crippen LogP contribution is -2.44. The Morgan fingerprint density at radius 3 is 2.95 bits per heavy atom. The molecule has 0 bridgehead atoms. The monoisotopic (exact) mass is 565 g/mol. The third-order valence-corrected chi connectivity index (χ3v) is 9.91. The van der Waals surface area contributed by atoms with Crippen molar-refractivity contribution in [3.63, 3.8) is 0 Å². The molecular weight excluding hydrogens is 528 g/mol. The summed E-state index contributed by atoms with van der Waals surface area (Å²) < 4.78 is 49.5. The number of aromatic nitrogens is 1. The molecule has 41 heavy (non-hydrogen) atoms. The molecule has 4 aliphatic heterocycles. The second-order valence-corrected chi connectivity index (χ2v) is 12.3. The number of hydrogen-bond acceptors (Lipinski definition) is 8. The van der Waals surface area contributed by atoms with Crippen molar-refractivity contribution < 1.29 is 23.0 Å². The number of benzene rings is 1. The Balaban J connectivity index is 1.30. The van der Waals surface area contributed by atoms with E-state index >= 15 is 4.39 Å². The minimum Gasteiger partial charge on any atom is -0.474 e. The number of aryl methyl sites for hydroxylation is 1. The molecule has 3 saturated heterocycles. The van der Waals surface area contributed by atoms with E-state index in [1.807, 2.05) is 11.0 Å². The Bertz CT molecular complexity index is 1390. The molecule has 0 amide bonds. The van der Waals surface area contributed by atoms with Gasteiger partial charge in [0.15, 0.2) is 0 Å². The first-order chi connectivity index (χ1) is 19.9. The largest absolute Gasteiger partial charge is 0.474 e. The molecule has 1 aromatic carbocycles. The lowest BCUT2D eigenvalue weighted by atomic mass is 9.72. The van der Waals surface area contributed by atoms with E-state index in [1.165, 1.54) is 0 Å². The summed E-state index contributed by atoms with van der Waals surface area (Å²) in [6.07, 6.45) is 4.98. The summed E-state index contributed by atoms with van der Waals surface area (Å²) in [5, 5.41) is 10.1. The molecule has 218 valence electrons. The molecule has 0 saturated carbocycles. The standard InChI is InChI=1S/C31H37F2N5O3/c32-21-14-30(7-2-10-38(30)17-21)19-40-29-27(33)28(37-9-3-12-39-13-11-37)23-18-41-31(15-25(23)36-29)8-1-4-20-5-6-24(35)22(16-34)26(20)31/h5-6,21H,1-4,7-15,17-19,35H2/t21-,30+,31+/m1/s1. The van der Waals surface area contributed by atoms with E-state index in [4.69, 9.17) is 24.9 Å². The molecule has 7 rings (SSSR count). The van der Waals surface area contributed by atoms with Crippen molar-refractivity contribution in [2.75, 3.05) is 56.6 Å². The average molecular weight is 566 g/mol. The predicted molar refractivity (Wildman–Crippen MR) is 149 cm³/mol. The first kappa shape index (κ1) is 26.9. The molecule has 1 spiro atoms. The van der Waals surface area contributed by atoms with Gasteiger partial charge in [-0.2, -0.15) is 9.65 Å². The summed E-state index contributed by atoms with van der Waals surface area (Å²) >= 11 is 0. The number of anilines is 2. The maximum absolute atomic E-state index is 16.4. The van der Waals surface area contributed by atoms with Crippen molar-refractivity contribution in [2.45, 2.75) is 75.3 Å². The minimum atomic E-state index is -0.891. The summed E-state index contributed by atoms with van der Waals surface area (Å²) in [7, 11) is 0. The molecule has 1 aromatic heterocycles. The molecule has 2 N–H and O–H groups in total. The Hall–Kier alpha value is -3.00. The fraction of sp³-hybridized carbons (Fsp3) is 0.613. The summed E-state index contributed by atoms with van der Waals surface area (Å²) in [6, 6.07) is 6.11. The normalized spacial score (nSPS) is 29.5. The Labute approximate surface area is 239 Å². The Morgan fingerprint density at radius 1 is 1.17 bits per heavy atom. The predicted octanol–water partition coefficient (Wildman–Crippen LogP) is 4.16. The van der Waals surface area contributed by atoms with E-state index in [0.29, 0.717) is 62.6 Å². The van der Waals surface area contributed by atoms with Crippen LogP contribution < -0.4 is 15.4 Å². The zero-order valence-corrected chi connectivity index (χ0v) is 23.4. The quantitative estimate of drug-likeness (QED) is 0.552. The zero-order valence-electron chi connectivity index (χ0n) is 23.4. The summed E-state index contributed by atoms with van der Waals surface area (Å²) in [6.45, 7) is 3.97. The van der Waals surface area contributed by atoms with Crippen LogP contribution in [0.1, 0.15) is 66.5 Å². The van der Waals surface area contributed by atoms with Crippen LogP contribution in [0.25, 0.3) is 0 Å². The van der Waals surface area contributed by atoms with Crippen LogP contribution in [0.2, 0.25) is 0 Å². The molecule has 1 aliphatic carbocycles. The molecule has 2 aromatic rings. The first-order valence-electron chi connectivity index (χ1n) is 14.9. The molecular formula is C31H37F2N5O3. The van der Waals surface area contributed by atoms with Crippen LogP contribution in [0, 0.1) is 17.1 Å². The van der Waals surface area contributed by atoms with Gasteiger partial charge in [-0.05, 0) is 56.7 Å². The van der Waals surface area contributed by atoms with Gasteiger partial charge in [-0.15, -0.1) is 0 Å². The van der Waals surface area contributed by atoms with E-state index in [9.17, 15) is 9.65 Å². The van der Waals surface area contributed by atoms with E-state index in [0.717, 1.165) is 67.5 Å². The summed E-state index contributed by atoms with van der Waals surface area (Å²) in [4.78, 5) is 9.01. The summed E-state index contributed by atoms with van der Waals surface area (Å²) in [5.41, 5.74) is 9.79. The van der Waals surface area contributed by atoms with E-state index in [-0.39, 0.29) is 19.1 Å². The number of ether oxygens (including phenoxy) is 3. The van der Waals surface area contributed by atoms with Gasteiger partial charge in [-0.1, -0.05) is 6.07 Å². The van der Waals surface area contributed by atoms with Gasteiger partial charge in [0.2, 0.25) is 5.82 Å². The average Bonchev–Trinajstić information content (AvgIpc) is 3.35. The van der Waals surface area contributed by atoms with Crippen LogP contribution >= 0.6 is 0 Å². The zero-order chi connectivity index (χ0) is 28.2. The van der Waals surface area contributed by atoms with Crippen LogP contribution in [0.4, 0.5) is 20.2 Å². The number of alkyl halides is 1. The van der Waals surface area contributed by atoms with E-state index in [1.54, 1.807) is 6.07 Å². The third kappa shape index (κ3) is 4.44. The molecule has 5 heterocycles. The van der Waals surface area contributed by atoms with Gasteiger partial charge < -0.3 is 24.8 Å². The highest BCUT2D eigenvalue weighted by Crippen LogP contribution is 2.49. The number of pyridine rings is 1. The highest BCUT2D eigenvalue weighted by atomic mass is 19.1. The van der Waals surface area contributed by atoms with Gasteiger partial charge in [-0.3, -0.25) is 4.90 Å². The molecule has 0 unspecified atom stereocenters. The second-order valence-electron chi connectivity index (χ2n) is 12.3. The third-order valence-electron chi connectivity index (χ3n) is 9.91. The maximum atomic E-state index is 16.4. The highest BCUT2D eigenvalue weighted by Gasteiger charge is 2.50. The fourth-order valence-corrected chi connectivity index (χ4v) is 8.01. The molecule has 3 fully saturated rings. The molecule has 3 atom stereocenters. The van der Waals surface area contributed by atoms with Crippen LogP contribution in [0.5, 0.6) is 5.88 Å². The number of nitriles is 1. The van der Waals surface area contributed by atoms with Gasteiger partial charge in [0, 0.05) is 55.9 Å². The summed E-state index contributed by atoms with van der Waals surface area (Å²) in [5.74, 6) is -0.527. The van der Waals surface area contributed by atoms with Crippen molar-refractivity contribution in [1.82, 2.24) is 9.88 Å². The lowest BCUT2D eigenvalue weighted by Gasteiger charge is -2.43. The number of fused-ring (bicyclic) bond motifs is 4. The minimum absolute atomic E-state index is 0.0337. The van der Waals surface area contributed by atoms with E-state index < -0.39 is 23.1 Å². The van der Waals surface area contributed by atoms with Gasteiger partial charge in [0.1, 0.15) is 24.4 Å². The smallest absolute Gasteiger partial charge is 0.252 e. The second kappa shape index (κ2) is 10.4. The van der Waals surface area contributed by atoms with Crippen molar-refractivity contribution in [3.05, 3.63) is 45.9 Å². The van der Waals surface area contributed by atoms with Crippen molar-refractivity contribution in [2.24, 2.45) is 0 Å². The van der Waals surface area contributed by atoms with Gasteiger partial charge in [0.25, 0.3) is 5.88 Å². The molecule has 0 radical (unpaired) electrons. The van der Waals surface area contributed by atoms with Crippen molar-refractivity contribution in [3.8, 4) is 11.9 Å². The van der Waals surface area contributed by atoms with Crippen LogP contribution in [0.3, 0.4) is 0 Å². The number of rotatable bonds is 4. The number of halogens is 2. The van der Waals surface area contributed by atoms with Gasteiger partial charge in [0.05, 0.1) is 35.7 Å².